The summed E-state index contributed by atoms with van der Waals surface area (Å²) in [6.07, 6.45) is 3.99. The number of halogens is 1. The van der Waals surface area contributed by atoms with E-state index in [-0.39, 0.29) is 0 Å². The fraction of sp³-hybridized carbons (Fsp3) is 0.462. The lowest BCUT2D eigenvalue weighted by molar-refractivity contribution is 0.389. The van der Waals surface area contributed by atoms with E-state index in [0.29, 0.717) is 37.6 Å². The highest BCUT2D eigenvalue weighted by atomic mass is 35.5. The van der Waals surface area contributed by atoms with Crippen molar-refractivity contribution in [3.63, 3.8) is 0 Å². The molecule has 5 nitrogen and oxygen atoms in total. The number of hydrogen-bond donors (Lipinski definition) is 0. The van der Waals surface area contributed by atoms with E-state index in [0.717, 1.165) is 5.82 Å². The average Bonchev–Trinajstić information content (AvgIpc) is 2.46. The largest absolute Gasteiger partial charge is 0.354 e. The summed E-state index contributed by atoms with van der Waals surface area (Å²) >= 11 is 5.81. The van der Waals surface area contributed by atoms with Crippen molar-refractivity contribution in [2.45, 2.75) is 13.3 Å². The quantitative estimate of drug-likeness (QED) is 0.854. The Morgan fingerprint density at radius 1 is 1.30 bits per heavy atom. The average molecular weight is 316 g/mol. The van der Waals surface area contributed by atoms with E-state index >= 15 is 0 Å². The second-order valence-electron chi connectivity index (χ2n) is 4.55. The van der Waals surface area contributed by atoms with Crippen molar-refractivity contribution in [1.29, 1.82) is 0 Å². The first-order valence-electron chi connectivity index (χ1n) is 6.56. The number of anilines is 1. The van der Waals surface area contributed by atoms with Gasteiger partial charge in [-0.1, -0.05) is 24.6 Å². The van der Waals surface area contributed by atoms with Crippen molar-refractivity contribution in [2.75, 3.05) is 31.1 Å². The molecule has 0 amide bonds. The summed E-state index contributed by atoms with van der Waals surface area (Å²) in [6, 6.07) is 3.64. The van der Waals surface area contributed by atoms with Crippen molar-refractivity contribution >= 4 is 27.4 Å². The second-order valence-corrected chi connectivity index (χ2v) is 6.80. The summed E-state index contributed by atoms with van der Waals surface area (Å²) in [5.41, 5.74) is 0. The number of nitrogens with zero attached hydrogens (tertiary/aromatic N) is 3. The molecule has 2 rings (SSSR count). The molecule has 7 heteroatoms. The molecule has 0 aliphatic carbocycles. The van der Waals surface area contributed by atoms with Crippen LogP contribution in [0.5, 0.6) is 0 Å². The van der Waals surface area contributed by atoms with Gasteiger partial charge in [0.05, 0.1) is 5.02 Å². The van der Waals surface area contributed by atoms with Crippen LogP contribution in [0.2, 0.25) is 5.02 Å². The molecule has 0 N–H and O–H groups in total. The molecule has 1 aliphatic rings. The number of rotatable bonds is 4. The zero-order chi connectivity index (χ0) is 14.6. The molecular formula is C13H18ClN3O2S. The van der Waals surface area contributed by atoms with Crippen molar-refractivity contribution in [3.05, 3.63) is 34.8 Å². The molecule has 0 spiro atoms. The minimum absolute atomic E-state index is 0.473. The predicted molar refractivity (Wildman–Crippen MR) is 81.4 cm³/mol. The number of aromatic nitrogens is 1. The zero-order valence-corrected chi connectivity index (χ0v) is 12.9. The molecule has 1 aromatic heterocycles. The summed E-state index contributed by atoms with van der Waals surface area (Å²) in [6.45, 7) is 4.12. The van der Waals surface area contributed by atoms with E-state index in [4.69, 9.17) is 11.6 Å². The molecule has 0 unspecified atom stereocenters. The highest BCUT2D eigenvalue weighted by Crippen LogP contribution is 2.17. The first kappa shape index (κ1) is 15.3. The number of sulfonamides is 1. The Balaban J connectivity index is 1.99. The molecule has 1 saturated heterocycles. The fourth-order valence-corrected chi connectivity index (χ4v) is 3.42. The Labute approximate surface area is 124 Å². The van der Waals surface area contributed by atoms with E-state index in [1.807, 2.05) is 13.0 Å². The van der Waals surface area contributed by atoms with Gasteiger partial charge in [0.15, 0.2) is 0 Å². The maximum absolute atomic E-state index is 12.0. The third kappa shape index (κ3) is 3.71. The first-order chi connectivity index (χ1) is 9.53. The number of allylic oxidation sites excluding steroid dienone is 1. The van der Waals surface area contributed by atoms with Gasteiger partial charge in [-0.3, -0.25) is 0 Å². The maximum atomic E-state index is 12.0. The fourth-order valence-electron chi connectivity index (χ4n) is 2.03. The molecule has 0 radical (unpaired) electrons. The topological polar surface area (TPSA) is 53.5 Å². The third-order valence-corrected chi connectivity index (χ3v) is 4.98. The van der Waals surface area contributed by atoms with Crippen LogP contribution in [0.15, 0.2) is 29.8 Å². The van der Waals surface area contributed by atoms with Crippen LogP contribution in [0.4, 0.5) is 5.82 Å². The van der Waals surface area contributed by atoms with Gasteiger partial charge in [0, 0.05) is 37.8 Å². The van der Waals surface area contributed by atoms with Gasteiger partial charge in [-0.25, -0.2) is 13.4 Å². The first-order valence-corrected chi connectivity index (χ1v) is 8.44. The van der Waals surface area contributed by atoms with E-state index in [9.17, 15) is 8.42 Å². The summed E-state index contributed by atoms with van der Waals surface area (Å²) < 4.78 is 25.5. The van der Waals surface area contributed by atoms with E-state index in [1.54, 1.807) is 18.3 Å². The predicted octanol–water partition coefficient (Wildman–Crippen LogP) is 2.11. The van der Waals surface area contributed by atoms with Crippen molar-refractivity contribution in [2.24, 2.45) is 0 Å². The SMILES string of the molecule is CC/C=C\S(=O)(=O)N1CCN(c2ccc(Cl)cn2)CC1. The monoisotopic (exact) mass is 315 g/mol. The van der Waals surface area contributed by atoms with Gasteiger partial charge in [-0.2, -0.15) is 4.31 Å². The minimum atomic E-state index is -3.27. The lowest BCUT2D eigenvalue weighted by atomic mass is 10.3. The van der Waals surface area contributed by atoms with Crippen LogP contribution < -0.4 is 4.90 Å². The summed E-state index contributed by atoms with van der Waals surface area (Å²) in [4.78, 5) is 6.31. The van der Waals surface area contributed by atoms with Gasteiger partial charge >= 0.3 is 0 Å². The normalized spacial score (nSPS) is 17.8. The van der Waals surface area contributed by atoms with Crippen LogP contribution >= 0.6 is 11.6 Å². The Morgan fingerprint density at radius 3 is 2.55 bits per heavy atom. The molecule has 0 atom stereocenters. The second kappa shape index (κ2) is 6.56. The van der Waals surface area contributed by atoms with Crippen LogP contribution in [0.25, 0.3) is 0 Å². The van der Waals surface area contributed by atoms with Gasteiger partial charge in [-0.15, -0.1) is 0 Å². The Morgan fingerprint density at radius 2 is 2.00 bits per heavy atom. The van der Waals surface area contributed by atoms with Crippen LogP contribution in [0.1, 0.15) is 13.3 Å². The molecule has 2 heterocycles. The van der Waals surface area contributed by atoms with Crippen LogP contribution in [-0.4, -0.2) is 43.9 Å². The van der Waals surface area contributed by atoms with Crippen LogP contribution in [-0.2, 0) is 10.0 Å². The smallest absolute Gasteiger partial charge is 0.236 e. The standard InChI is InChI=1S/C13H18ClN3O2S/c1-2-3-10-20(18,19)17-8-6-16(7-9-17)13-5-4-12(14)11-15-13/h3-5,10-11H,2,6-9H2,1H3/b10-3-. The van der Waals surface area contributed by atoms with Crippen molar-refractivity contribution < 1.29 is 8.42 Å². The Bertz CT molecular complexity index is 564. The summed E-state index contributed by atoms with van der Waals surface area (Å²) in [7, 11) is -3.27. The van der Waals surface area contributed by atoms with Crippen molar-refractivity contribution in [3.8, 4) is 0 Å². The van der Waals surface area contributed by atoms with Crippen LogP contribution in [0, 0.1) is 0 Å². The molecular weight excluding hydrogens is 298 g/mol. The number of hydrogen-bond acceptors (Lipinski definition) is 4. The van der Waals surface area contributed by atoms with Gasteiger partial charge < -0.3 is 4.90 Å². The lowest BCUT2D eigenvalue weighted by Gasteiger charge is -2.34. The highest BCUT2D eigenvalue weighted by Gasteiger charge is 2.25. The third-order valence-electron chi connectivity index (χ3n) is 3.14. The van der Waals surface area contributed by atoms with E-state index < -0.39 is 10.0 Å². The molecule has 0 aromatic carbocycles. The van der Waals surface area contributed by atoms with Gasteiger partial charge in [-0.05, 0) is 18.6 Å². The molecule has 0 saturated carbocycles. The van der Waals surface area contributed by atoms with Crippen molar-refractivity contribution in [1.82, 2.24) is 9.29 Å². The molecule has 1 aliphatic heterocycles. The minimum Gasteiger partial charge on any atom is -0.354 e. The summed E-state index contributed by atoms with van der Waals surface area (Å²) in [5.74, 6) is 0.829. The molecule has 0 bridgehead atoms. The van der Waals surface area contributed by atoms with Crippen LogP contribution in [0.3, 0.4) is 0 Å². The maximum Gasteiger partial charge on any atom is 0.236 e. The van der Waals surface area contributed by atoms with Gasteiger partial charge in [0.1, 0.15) is 5.82 Å². The zero-order valence-electron chi connectivity index (χ0n) is 11.4. The van der Waals surface area contributed by atoms with Gasteiger partial charge in [0.25, 0.3) is 0 Å². The van der Waals surface area contributed by atoms with Gasteiger partial charge in [0.2, 0.25) is 10.0 Å². The number of pyridine rings is 1. The highest BCUT2D eigenvalue weighted by molar-refractivity contribution is 7.92. The Hall–Kier alpha value is -1.11. The molecule has 1 fully saturated rings. The van der Waals surface area contributed by atoms with E-state index in [1.165, 1.54) is 9.71 Å². The molecule has 1 aromatic rings. The molecule has 20 heavy (non-hydrogen) atoms. The lowest BCUT2D eigenvalue weighted by Crippen LogP contribution is -2.48. The number of piperazine rings is 1. The van der Waals surface area contributed by atoms with E-state index in [2.05, 4.69) is 9.88 Å². The summed E-state index contributed by atoms with van der Waals surface area (Å²) in [5, 5.41) is 1.89. The molecule has 110 valence electrons. The Kier molecular flexibility index (Phi) is 5.01.